The Morgan fingerprint density at radius 2 is 1.83 bits per heavy atom. The number of carbonyl (C=O) groups is 2. The van der Waals surface area contributed by atoms with Crippen molar-refractivity contribution in [3.8, 4) is 17.2 Å². The van der Waals surface area contributed by atoms with Gasteiger partial charge in [-0.1, -0.05) is 0 Å². The SMILES string of the molecule is CC(C)N(C(=O)c1cc(F)ccc1Oc1cncnc1N1CC2(CC(Oc3ccnc4c3CN(C(=O)OC(C)(C)C)CC4)C2)C1)C1CC1. The number of hydrogen-bond donors (Lipinski definition) is 0. The van der Waals surface area contributed by atoms with Gasteiger partial charge in [-0.05, 0) is 84.6 Å². The Labute approximate surface area is 280 Å². The molecule has 4 aliphatic rings. The molecule has 2 aliphatic carbocycles. The third-order valence-electron chi connectivity index (χ3n) is 9.47. The predicted molar refractivity (Wildman–Crippen MR) is 176 cm³/mol. The Hall–Kier alpha value is -4.48. The number of fused-ring (bicyclic) bond motifs is 1. The molecule has 48 heavy (non-hydrogen) atoms. The normalized spacial score (nSPS) is 18.6. The maximum absolute atomic E-state index is 14.4. The van der Waals surface area contributed by atoms with Crippen LogP contribution in [0.4, 0.5) is 15.0 Å². The van der Waals surface area contributed by atoms with Gasteiger partial charge in [0.25, 0.3) is 5.91 Å². The van der Waals surface area contributed by atoms with Gasteiger partial charge in [-0.2, -0.15) is 0 Å². The molecule has 0 unspecified atom stereocenters. The molecule has 0 radical (unpaired) electrons. The number of amides is 2. The van der Waals surface area contributed by atoms with Crippen molar-refractivity contribution in [2.75, 3.05) is 24.5 Å². The van der Waals surface area contributed by atoms with Crippen LogP contribution < -0.4 is 14.4 Å². The van der Waals surface area contributed by atoms with Gasteiger partial charge < -0.3 is 28.9 Å². The van der Waals surface area contributed by atoms with Crippen molar-refractivity contribution in [3.05, 3.63) is 65.6 Å². The highest BCUT2D eigenvalue weighted by molar-refractivity contribution is 5.97. The fourth-order valence-corrected chi connectivity index (χ4v) is 7.15. The first kappa shape index (κ1) is 32.1. The van der Waals surface area contributed by atoms with Crippen molar-refractivity contribution >= 4 is 17.8 Å². The number of ether oxygens (including phenoxy) is 3. The molecule has 7 rings (SSSR count). The molecular formula is C36H43FN6O5. The molecule has 2 amide bonds. The van der Waals surface area contributed by atoms with Crippen LogP contribution in [0, 0.1) is 11.2 Å². The van der Waals surface area contributed by atoms with Gasteiger partial charge in [-0.15, -0.1) is 0 Å². The molecule has 1 aromatic carbocycles. The Bertz CT molecular complexity index is 1710. The van der Waals surface area contributed by atoms with Gasteiger partial charge in [0, 0.05) is 55.3 Å². The lowest BCUT2D eigenvalue weighted by Gasteiger charge is -2.59. The summed E-state index contributed by atoms with van der Waals surface area (Å²) in [7, 11) is 0. The minimum atomic E-state index is -0.560. The Morgan fingerprint density at radius 3 is 2.54 bits per heavy atom. The van der Waals surface area contributed by atoms with Crippen LogP contribution in [0.15, 0.2) is 43.0 Å². The average molecular weight is 659 g/mol. The minimum absolute atomic E-state index is 0.0137. The fraction of sp³-hybridized carbons (Fsp3) is 0.528. The zero-order valence-electron chi connectivity index (χ0n) is 28.2. The lowest BCUT2D eigenvalue weighted by molar-refractivity contribution is -0.0353. The fourth-order valence-electron chi connectivity index (χ4n) is 7.15. The molecule has 254 valence electrons. The number of rotatable bonds is 8. The minimum Gasteiger partial charge on any atom is -0.490 e. The molecule has 0 N–H and O–H groups in total. The summed E-state index contributed by atoms with van der Waals surface area (Å²) in [6.45, 7) is 12.1. The number of halogens is 1. The lowest BCUT2D eigenvalue weighted by atomic mass is 9.61. The number of aromatic nitrogens is 3. The molecule has 2 aliphatic heterocycles. The maximum Gasteiger partial charge on any atom is 0.410 e. The maximum atomic E-state index is 14.4. The van der Waals surface area contributed by atoms with Crippen LogP contribution in [-0.2, 0) is 17.7 Å². The number of anilines is 1. The summed E-state index contributed by atoms with van der Waals surface area (Å²) < 4.78 is 32.8. The molecule has 0 bridgehead atoms. The van der Waals surface area contributed by atoms with Crippen LogP contribution in [0.25, 0.3) is 0 Å². The lowest BCUT2D eigenvalue weighted by Crippen LogP contribution is -2.65. The quantitative estimate of drug-likeness (QED) is 0.281. The van der Waals surface area contributed by atoms with Gasteiger partial charge in [0.15, 0.2) is 11.6 Å². The van der Waals surface area contributed by atoms with E-state index in [9.17, 15) is 14.0 Å². The van der Waals surface area contributed by atoms with E-state index in [4.69, 9.17) is 14.2 Å². The van der Waals surface area contributed by atoms with E-state index in [2.05, 4.69) is 19.9 Å². The molecule has 2 saturated carbocycles. The van der Waals surface area contributed by atoms with E-state index < -0.39 is 11.4 Å². The molecule has 3 aromatic rings. The highest BCUT2D eigenvalue weighted by Gasteiger charge is 2.54. The Morgan fingerprint density at radius 1 is 1.06 bits per heavy atom. The topological polar surface area (TPSA) is 110 Å². The third kappa shape index (κ3) is 6.49. The highest BCUT2D eigenvalue weighted by atomic mass is 19.1. The second-order valence-electron chi connectivity index (χ2n) is 14.9. The van der Waals surface area contributed by atoms with Crippen molar-refractivity contribution in [2.24, 2.45) is 5.41 Å². The van der Waals surface area contributed by atoms with E-state index in [1.165, 1.54) is 24.5 Å². The molecule has 3 fully saturated rings. The monoisotopic (exact) mass is 658 g/mol. The summed E-state index contributed by atoms with van der Waals surface area (Å²) in [5, 5.41) is 0. The Balaban J connectivity index is 0.994. The van der Waals surface area contributed by atoms with Crippen LogP contribution in [0.3, 0.4) is 0 Å². The second kappa shape index (κ2) is 12.2. The van der Waals surface area contributed by atoms with Gasteiger partial charge >= 0.3 is 6.09 Å². The standard InChI is InChI=1S/C36H43FN6O5/c1-22(2)43(24-7-8-24)33(44)26-14-23(37)6-9-29(26)47-31-17-38-21-40-32(31)42-19-36(20-42)15-25(16-36)46-30-10-12-39-28-11-13-41(18-27(28)30)34(45)48-35(3,4)5/h6,9-10,12,14,17,21-22,24-25H,7-8,11,13,15-16,18-20H2,1-5H3. The smallest absolute Gasteiger partial charge is 0.410 e. The number of pyridine rings is 1. The summed E-state index contributed by atoms with van der Waals surface area (Å²) in [4.78, 5) is 45.3. The van der Waals surface area contributed by atoms with Crippen LogP contribution in [-0.4, -0.2) is 80.2 Å². The van der Waals surface area contributed by atoms with Crippen molar-refractivity contribution in [1.82, 2.24) is 24.8 Å². The van der Waals surface area contributed by atoms with Crippen molar-refractivity contribution in [3.63, 3.8) is 0 Å². The number of benzene rings is 1. The average Bonchev–Trinajstić information content (AvgIpc) is 3.83. The van der Waals surface area contributed by atoms with E-state index in [0.717, 1.165) is 55.8 Å². The van der Waals surface area contributed by atoms with Gasteiger partial charge in [-0.25, -0.2) is 19.2 Å². The predicted octanol–water partition coefficient (Wildman–Crippen LogP) is 6.16. The first-order chi connectivity index (χ1) is 22.9. The van der Waals surface area contributed by atoms with Crippen molar-refractivity contribution in [1.29, 1.82) is 0 Å². The molecule has 0 atom stereocenters. The summed E-state index contributed by atoms with van der Waals surface area (Å²) in [6.07, 6.45) is 8.91. The second-order valence-corrected chi connectivity index (χ2v) is 14.9. The van der Waals surface area contributed by atoms with Crippen LogP contribution in [0.2, 0.25) is 0 Å². The summed E-state index contributed by atoms with van der Waals surface area (Å²) in [6, 6.07) is 6.10. The van der Waals surface area contributed by atoms with Crippen LogP contribution in [0.1, 0.15) is 81.9 Å². The number of carbonyl (C=O) groups excluding carboxylic acids is 2. The van der Waals surface area contributed by atoms with E-state index in [-0.39, 0.29) is 46.9 Å². The molecule has 2 aromatic heterocycles. The molecule has 1 saturated heterocycles. The van der Waals surface area contributed by atoms with Gasteiger partial charge in [-0.3, -0.25) is 9.78 Å². The van der Waals surface area contributed by atoms with Crippen LogP contribution >= 0.6 is 0 Å². The summed E-state index contributed by atoms with van der Waals surface area (Å²) in [5.41, 5.74) is 1.64. The van der Waals surface area contributed by atoms with Gasteiger partial charge in [0.1, 0.15) is 35.3 Å². The number of nitrogens with zero attached hydrogens (tertiary/aromatic N) is 6. The molecule has 1 spiro atoms. The third-order valence-corrected chi connectivity index (χ3v) is 9.47. The molecular weight excluding hydrogens is 615 g/mol. The van der Waals surface area contributed by atoms with E-state index >= 15 is 0 Å². The molecule has 11 nitrogen and oxygen atoms in total. The molecule has 4 heterocycles. The summed E-state index contributed by atoms with van der Waals surface area (Å²) in [5.74, 6) is 1.38. The van der Waals surface area contributed by atoms with E-state index in [1.54, 1.807) is 17.3 Å². The zero-order valence-corrected chi connectivity index (χ0v) is 28.2. The van der Waals surface area contributed by atoms with Crippen LogP contribution in [0.5, 0.6) is 17.2 Å². The van der Waals surface area contributed by atoms with E-state index in [0.29, 0.717) is 31.1 Å². The van der Waals surface area contributed by atoms with Crippen molar-refractivity contribution < 1.29 is 28.2 Å². The zero-order chi connectivity index (χ0) is 33.8. The summed E-state index contributed by atoms with van der Waals surface area (Å²) >= 11 is 0. The first-order valence-electron chi connectivity index (χ1n) is 16.8. The van der Waals surface area contributed by atoms with Gasteiger partial charge in [0.05, 0.1) is 24.0 Å². The largest absolute Gasteiger partial charge is 0.490 e. The first-order valence-corrected chi connectivity index (χ1v) is 16.8. The number of hydrogen-bond acceptors (Lipinski definition) is 9. The highest BCUT2D eigenvalue weighted by Crippen LogP contribution is 2.52. The Kier molecular flexibility index (Phi) is 8.15. The molecule has 12 heteroatoms. The van der Waals surface area contributed by atoms with Crippen molar-refractivity contribution in [2.45, 2.75) is 97.1 Å². The van der Waals surface area contributed by atoms with Gasteiger partial charge in [0.2, 0.25) is 0 Å². The van der Waals surface area contributed by atoms with E-state index in [1.807, 2.05) is 45.6 Å².